The van der Waals surface area contributed by atoms with Gasteiger partial charge in [0.05, 0.1) is 12.3 Å². The van der Waals surface area contributed by atoms with Gasteiger partial charge in [-0.25, -0.2) is 0 Å². The van der Waals surface area contributed by atoms with Crippen molar-refractivity contribution in [2.45, 2.75) is 13.5 Å². The zero-order valence-electron chi connectivity index (χ0n) is 4.87. The van der Waals surface area contributed by atoms with Gasteiger partial charge in [0.2, 0.25) is 0 Å². The Hall–Kier alpha value is -0.170. The van der Waals surface area contributed by atoms with E-state index in [1.165, 1.54) is 3.01 Å². The molecule has 0 atom stereocenters. The molecule has 1 N–H and O–H groups in total. The van der Waals surface area contributed by atoms with Crippen LogP contribution in [0.25, 0.3) is 0 Å². The van der Waals surface area contributed by atoms with E-state index >= 15 is 0 Å². The van der Waals surface area contributed by atoms with Gasteiger partial charge in [-0.2, -0.15) is 0 Å². The van der Waals surface area contributed by atoms with E-state index < -0.39 is 0 Å². The molecule has 0 radical (unpaired) electrons. The molecule has 0 fully saturated rings. The molecule has 0 spiro atoms. The van der Waals surface area contributed by atoms with Crippen LogP contribution in [0, 0.1) is 6.92 Å². The average Bonchev–Trinajstić information content (AvgIpc) is 2.10. The van der Waals surface area contributed by atoms with Crippen LogP contribution in [0.1, 0.15) is 11.4 Å². The first kappa shape index (κ1) is 6.94. The number of nitrogens with zero attached hydrogens (tertiary/aromatic N) is 3. The van der Waals surface area contributed by atoms with Gasteiger partial charge in [0, 0.05) is 0 Å². The van der Waals surface area contributed by atoms with Crippen LogP contribution in [0.3, 0.4) is 0 Å². The standard InChI is InChI=1S/C4H6IN3O/c1-3-4(2-9)7-8(5)6-3/h9H,2H2,1H3. The van der Waals surface area contributed by atoms with E-state index in [9.17, 15) is 0 Å². The van der Waals surface area contributed by atoms with Crippen molar-refractivity contribution in [3.8, 4) is 0 Å². The Morgan fingerprint density at radius 1 is 1.67 bits per heavy atom. The fraction of sp³-hybridized carbons (Fsp3) is 0.500. The van der Waals surface area contributed by atoms with E-state index in [2.05, 4.69) is 10.2 Å². The molecule has 4 nitrogen and oxygen atoms in total. The van der Waals surface area contributed by atoms with Crippen molar-refractivity contribution in [1.29, 1.82) is 0 Å². The maximum atomic E-state index is 8.61. The Labute approximate surface area is 66.4 Å². The third-order valence-corrected chi connectivity index (χ3v) is 1.43. The number of aliphatic hydroxyl groups is 1. The number of aliphatic hydroxyl groups excluding tert-OH is 1. The first-order chi connectivity index (χ1) is 4.24. The number of hydrogen-bond acceptors (Lipinski definition) is 3. The maximum Gasteiger partial charge on any atom is 0.112 e. The van der Waals surface area contributed by atoms with Crippen LogP contribution < -0.4 is 0 Å². The molecule has 0 amide bonds. The number of rotatable bonds is 1. The molecule has 0 saturated carbocycles. The summed E-state index contributed by atoms with van der Waals surface area (Å²) in [6, 6.07) is 0. The van der Waals surface area contributed by atoms with E-state index in [0.29, 0.717) is 5.69 Å². The molecule has 0 bridgehead atoms. The summed E-state index contributed by atoms with van der Waals surface area (Å²) in [5.74, 6) is 0. The Bertz CT molecular complexity index is 210. The molecule has 0 unspecified atom stereocenters. The Kier molecular flexibility index (Phi) is 2.01. The molecular formula is C4H6IN3O. The van der Waals surface area contributed by atoms with Gasteiger partial charge in [0.1, 0.15) is 28.6 Å². The summed E-state index contributed by atoms with van der Waals surface area (Å²) in [5.41, 5.74) is 1.43. The number of hydrogen-bond donors (Lipinski definition) is 1. The normalized spacial score (nSPS) is 10.1. The second-order valence-electron chi connectivity index (χ2n) is 1.63. The Morgan fingerprint density at radius 2 is 2.33 bits per heavy atom. The minimum Gasteiger partial charge on any atom is -0.390 e. The molecule has 0 aliphatic heterocycles. The molecule has 9 heavy (non-hydrogen) atoms. The maximum absolute atomic E-state index is 8.61. The highest BCUT2D eigenvalue weighted by atomic mass is 127. The minimum atomic E-state index is -0.0329. The largest absolute Gasteiger partial charge is 0.390 e. The number of halogens is 1. The molecular weight excluding hydrogens is 233 g/mol. The smallest absolute Gasteiger partial charge is 0.112 e. The first-order valence-electron chi connectivity index (χ1n) is 2.44. The van der Waals surface area contributed by atoms with Crippen LogP contribution >= 0.6 is 22.9 Å². The van der Waals surface area contributed by atoms with E-state index in [1.807, 2.05) is 29.8 Å². The summed E-state index contributed by atoms with van der Waals surface area (Å²) >= 11 is 1.93. The van der Waals surface area contributed by atoms with Crippen molar-refractivity contribution >= 4 is 22.9 Å². The van der Waals surface area contributed by atoms with E-state index in [1.54, 1.807) is 0 Å². The molecule has 5 heteroatoms. The van der Waals surface area contributed by atoms with Crippen LogP contribution in [0.15, 0.2) is 0 Å². The monoisotopic (exact) mass is 239 g/mol. The lowest BCUT2D eigenvalue weighted by Gasteiger charge is -1.82. The molecule has 1 heterocycles. The molecule has 1 aromatic rings. The van der Waals surface area contributed by atoms with Gasteiger partial charge >= 0.3 is 0 Å². The fourth-order valence-electron chi connectivity index (χ4n) is 0.522. The highest BCUT2D eigenvalue weighted by Gasteiger charge is 2.01. The second kappa shape index (κ2) is 2.61. The SMILES string of the molecule is Cc1nn(I)nc1CO. The summed E-state index contributed by atoms with van der Waals surface area (Å²) in [6.45, 7) is 1.78. The van der Waals surface area contributed by atoms with E-state index in [4.69, 9.17) is 5.11 Å². The molecule has 1 aromatic heterocycles. The summed E-state index contributed by atoms with van der Waals surface area (Å²) in [5, 5.41) is 16.4. The molecule has 0 saturated heterocycles. The van der Waals surface area contributed by atoms with Crippen molar-refractivity contribution in [2.24, 2.45) is 0 Å². The van der Waals surface area contributed by atoms with Gasteiger partial charge in [-0.3, -0.25) is 0 Å². The summed E-state index contributed by atoms with van der Waals surface area (Å²) < 4.78 is 1.42. The lowest BCUT2D eigenvalue weighted by molar-refractivity contribution is 0.276. The van der Waals surface area contributed by atoms with Crippen molar-refractivity contribution in [1.82, 2.24) is 13.2 Å². The van der Waals surface area contributed by atoms with Gasteiger partial charge in [-0.15, -0.1) is 13.2 Å². The predicted molar refractivity (Wildman–Crippen MR) is 40.1 cm³/mol. The van der Waals surface area contributed by atoms with Gasteiger partial charge < -0.3 is 5.11 Å². The summed E-state index contributed by atoms with van der Waals surface area (Å²) in [7, 11) is 0. The third kappa shape index (κ3) is 1.39. The quantitative estimate of drug-likeness (QED) is 0.716. The van der Waals surface area contributed by atoms with Crippen molar-refractivity contribution in [3.05, 3.63) is 11.4 Å². The number of aryl methyl sites for hydroxylation is 1. The van der Waals surface area contributed by atoms with Gasteiger partial charge in [0.15, 0.2) is 0 Å². The van der Waals surface area contributed by atoms with E-state index in [0.717, 1.165) is 5.69 Å². The zero-order chi connectivity index (χ0) is 6.85. The first-order valence-corrected chi connectivity index (χ1v) is 3.40. The van der Waals surface area contributed by atoms with Gasteiger partial charge in [-0.05, 0) is 6.92 Å². The van der Waals surface area contributed by atoms with Crippen molar-refractivity contribution < 1.29 is 5.11 Å². The molecule has 0 aromatic carbocycles. The van der Waals surface area contributed by atoms with Crippen LogP contribution in [0.2, 0.25) is 0 Å². The van der Waals surface area contributed by atoms with Crippen molar-refractivity contribution in [2.75, 3.05) is 0 Å². The third-order valence-electron chi connectivity index (χ3n) is 1.00. The topological polar surface area (TPSA) is 50.9 Å². The van der Waals surface area contributed by atoms with Gasteiger partial charge in [-0.1, -0.05) is 0 Å². The second-order valence-corrected chi connectivity index (χ2v) is 2.49. The zero-order valence-corrected chi connectivity index (χ0v) is 7.03. The Balaban J connectivity index is 3.01. The van der Waals surface area contributed by atoms with E-state index in [-0.39, 0.29) is 6.61 Å². The van der Waals surface area contributed by atoms with Crippen LogP contribution in [0.4, 0.5) is 0 Å². The minimum absolute atomic E-state index is 0.0329. The summed E-state index contributed by atoms with van der Waals surface area (Å²) in [6.07, 6.45) is 0. The molecule has 0 aliphatic rings. The molecule has 50 valence electrons. The van der Waals surface area contributed by atoms with Gasteiger partial charge in [0.25, 0.3) is 0 Å². The predicted octanol–water partition coefficient (Wildman–Crippen LogP) is 0.277. The Morgan fingerprint density at radius 3 is 2.56 bits per heavy atom. The number of aromatic nitrogens is 3. The fourth-order valence-corrected chi connectivity index (χ4v) is 1.11. The van der Waals surface area contributed by atoms with Crippen LogP contribution in [-0.4, -0.2) is 18.3 Å². The van der Waals surface area contributed by atoms with Crippen LogP contribution in [-0.2, 0) is 6.61 Å². The van der Waals surface area contributed by atoms with Crippen molar-refractivity contribution in [3.63, 3.8) is 0 Å². The highest BCUT2D eigenvalue weighted by molar-refractivity contribution is 14.1. The highest BCUT2D eigenvalue weighted by Crippen LogP contribution is 2.01. The van der Waals surface area contributed by atoms with Crippen LogP contribution in [0.5, 0.6) is 0 Å². The molecule has 0 aliphatic carbocycles. The average molecular weight is 239 g/mol. The lowest BCUT2D eigenvalue weighted by Crippen LogP contribution is -1.86. The summed E-state index contributed by atoms with van der Waals surface area (Å²) in [4.78, 5) is 0. The lowest BCUT2D eigenvalue weighted by atomic mass is 10.4. The molecule has 1 rings (SSSR count).